The van der Waals surface area contributed by atoms with E-state index in [9.17, 15) is 4.79 Å². The molecule has 0 unspecified atom stereocenters. The van der Waals surface area contributed by atoms with Crippen LogP contribution in [0, 0.1) is 0 Å². The van der Waals surface area contributed by atoms with Gasteiger partial charge in [0.15, 0.2) is 0 Å². The molecule has 0 spiro atoms. The molecule has 146 valence electrons. The summed E-state index contributed by atoms with van der Waals surface area (Å²) in [5.74, 6) is 0.603. The third kappa shape index (κ3) is 4.16. The lowest BCUT2D eigenvalue weighted by Crippen LogP contribution is -2.46. The molecule has 28 heavy (non-hydrogen) atoms. The van der Waals surface area contributed by atoms with E-state index in [1.54, 1.807) is 0 Å². The van der Waals surface area contributed by atoms with Gasteiger partial charge in [-0.05, 0) is 48.6 Å². The lowest BCUT2D eigenvalue weighted by Gasteiger charge is -2.33. The quantitative estimate of drug-likeness (QED) is 0.737. The fourth-order valence-corrected chi connectivity index (χ4v) is 3.72. The largest absolute Gasteiger partial charge is 0.381 e. The average molecular weight is 377 g/mol. The average Bonchev–Trinajstić information content (AvgIpc) is 3.11. The second kappa shape index (κ2) is 8.00. The minimum Gasteiger partial charge on any atom is -0.381 e. The van der Waals surface area contributed by atoms with E-state index in [-0.39, 0.29) is 18.5 Å². The monoisotopic (exact) mass is 377 g/mol. The zero-order chi connectivity index (χ0) is 19.5. The number of carbonyl (C=O) groups is 1. The Balaban J connectivity index is 1.36. The van der Waals surface area contributed by atoms with Crippen molar-refractivity contribution in [2.24, 2.45) is 0 Å². The van der Waals surface area contributed by atoms with Gasteiger partial charge < -0.3 is 10.2 Å². The van der Waals surface area contributed by atoms with Crippen molar-refractivity contribution in [1.29, 1.82) is 0 Å². The Hall–Kier alpha value is -2.89. The molecule has 1 aliphatic rings. The second-order valence-corrected chi connectivity index (χ2v) is 7.82. The molecule has 1 N–H and O–H groups in total. The van der Waals surface area contributed by atoms with Gasteiger partial charge in [0.25, 0.3) is 0 Å². The number of likely N-dealkylation sites (tertiary alicyclic amines) is 1. The first kappa shape index (κ1) is 18.5. The van der Waals surface area contributed by atoms with Crippen molar-refractivity contribution in [3.05, 3.63) is 54.1 Å². The molecule has 1 fully saturated rings. The van der Waals surface area contributed by atoms with Crippen LogP contribution in [0.3, 0.4) is 0 Å². The zero-order valence-corrected chi connectivity index (χ0v) is 16.5. The number of anilines is 1. The highest BCUT2D eigenvalue weighted by Gasteiger charge is 2.24. The molecule has 0 aliphatic carbocycles. The Morgan fingerprint density at radius 1 is 1.11 bits per heavy atom. The first-order valence-corrected chi connectivity index (χ1v) is 10.0. The molecule has 0 bridgehead atoms. The first-order valence-electron chi connectivity index (χ1n) is 10.0. The van der Waals surface area contributed by atoms with Crippen LogP contribution in [0.25, 0.3) is 11.0 Å². The highest BCUT2D eigenvalue weighted by atomic mass is 16.2. The molecule has 1 saturated heterocycles. The maximum absolute atomic E-state index is 12.8. The van der Waals surface area contributed by atoms with Crippen LogP contribution in [0.15, 0.2) is 48.5 Å². The van der Waals surface area contributed by atoms with Gasteiger partial charge in [0.05, 0.1) is 0 Å². The summed E-state index contributed by atoms with van der Waals surface area (Å²) in [6.07, 6.45) is 2.07. The van der Waals surface area contributed by atoms with E-state index in [0.717, 1.165) is 36.1 Å². The molecule has 0 radical (unpaired) electrons. The Morgan fingerprint density at radius 3 is 2.43 bits per heavy atom. The van der Waals surface area contributed by atoms with E-state index in [4.69, 9.17) is 0 Å². The van der Waals surface area contributed by atoms with Gasteiger partial charge in [-0.1, -0.05) is 38.1 Å². The first-order chi connectivity index (χ1) is 13.6. The van der Waals surface area contributed by atoms with E-state index in [1.807, 2.05) is 29.2 Å². The van der Waals surface area contributed by atoms with Crippen LogP contribution >= 0.6 is 0 Å². The van der Waals surface area contributed by atoms with Crippen LogP contribution in [0.4, 0.5) is 5.69 Å². The number of benzene rings is 2. The number of piperidine rings is 1. The van der Waals surface area contributed by atoms with Crippen molar-refractivity contribution >= 4 is 22.6 Å². The molecule has 6 nitrogen and oxygen atoms in total. The molecular weight excluding hydrogens is 350 g/mol. The van der Waals surface area contributed by atoms with Crippen LogP contribution < -0.4 is 5.32 Å². The predicted molar refractivity (Wildman–Crippen MR) is 111 cm³/mol. The molecule has 2 heterocycles. The van der Waals surface area contributed by atoms with Crippen LogP contribution in [0.5, 0.6) is 0 Å². The van der Waals surface area contributed by atoms with Crippen LogP contribution in [0.2, 0.25) is 0 Å². The highest BCUT2D eigenvalue weighted by Crippen LogP contribution is 2.20. The Bertz CT molecular complexity index is 914. The van der Waals surface area contributed by atoms with Crippen LogP contribution in [-0.4, -0.2) is 44.9 Å². The third-order valence-electron chi connectivity index (χ3n) is 5.33. The molecule has 1 aliphatic heterocycles. The minimum atomic E-state index is 0.0713. The fourth-order valence-electron chi connectivity index (χ4n) is 3.72. The number of amides is 1. The standard InChI is InChI=1S/C22H27N5O/c1-16(2)17-9-11-18(12-10-17)23-19-6-5-13-26(14-19)22(28)15-27-24-20-7-3-4-8-21(20)25-27/h3-4,7-12,16,19,23H,5-6,13-15H2,1-2H3/t19-/m1/s1. The van der Waals surface area contributed by atoms with Gasteiger partial charge in [-0.25, -0.2) is 0 Å². The lowest BCUT2D eigenvalue weighted by molar-refractivity contribution is -0.133. The molecule has 2 aromatic carbocycles. The summed E-state index contributed by atoms with van der Waals surface area (Å²) in [4.78, 5) is 16.2. The summed E-state index contributed by atoms with van der Waals surface area (Å²) in [6, 6.07) is 16.6. The second-order valence-electron chi connectivity index (χ2n) is 7.82. The van der Waals surface area contributed by atoms with E-state index in [2.05, 4.69) is 53.6 Å². The summed E-state index contributed by atoms with van der Waals surface area (Å²) in [7, 11) is 0. The van der Waals surface area contributed by atoms with Gasteiger partial charge in [-0.2, -0.15) is 15.0 Å². The summed E-state index contributed by atoms with van der Waals surface area (Å²) in [6.45, 7) is 6.09. The number of nitrogens with one attached hydrogen (secondary N) is 1. The fraction of sp³-hybridized carbons (Fsp3) is 0.409. The maximum Gasteiger partial charge on any atom is 0.246 e. The van der Waals surface area contributed by atoms with Gasteiger partial charge in [-0.15, -0.1) is 0 Å². The van der Waals surface area contributed by atoms with Crippen LogP contribution in [0.1, 0.15) is 38.2 Å². The number of aromatic nitrogens is 3. The molecular formula is C22H27N5O. The van der Waals surface area contributed by atoms with Crippen molar-refractivity contribution in [3.63, 3.8) is 0 Å². The molecule has 3 aromatic rings. The van der Waals surface area contributed by atoms with Crippen molar-refractivity contribution in [3.8, 4) is 0 Å². The summed E-state index contributed by atoms with van der Waals surface area (Å²) in [5, 5.41) is 12.4. The Labute approximate surface area is 165 Å². The smallest absolute Gasteiger partial charge is 0.246 e. The Kier molecular flexibility index (Phi) is 5.28. The normalized spacial score (nSPS) is 17.2. The summed E-state index contributed by atoms with van der Waals surface area (Å²) < 4.78 is 0. The van der Waals surface area contributed by atoms with Crippen molar-refractivity contribution in [1.82, 2.24) is 19.9 Å². The highest BCUT2D eigenvalue weighted by molar-refractivity contribution is 5.77. The Morgan fingerprint density at radius 2 is 1.79 bits per heavy atom. The van der Waals surface area contributed by atoms with Gasteiger partial charge in [-0.3, -0.25) is 4.79 Å². The van der Waals surface area contributed by atoms with E-state index < -0.39 is 0 Å². The molecule has 4 rings (SSSR count). The van der Waals surface area contributed by atoms with Gasteiger partial charge in [0, 0.05) is 24.8 Å². The number of carbonyl (C=O) groups excluding carboxylic acids is 1. The van der Waals surface area contributed by atoms with Crippen molar-refractivity contribution < 1.29 is 4.79 Å². The zero-order valence-electron chi connectivity index (χ0n) is 16.5. The molecule has 1 aromatic heterocycles. The topological polar surface area (TPSA) is 63.1 Å². The number of nitrogens with zero attached hydrogens (tertiary/aromatic N) is 4. The number of fused-ring (bicyclic) bond motifs is 1. The summed E-state index contributed by atoms with van der Waals surface area (Å²) >= 11 is 0. The van der Waals surface area contributed by atoms with Gasteiger partial charge in [0.2, 0.25) is 5.91 Å². The number of hydrogen-bond donors (Lipinski definition) is 1. The maximum atomic E-state index is 12.8. The molecule has 0 saturated carbocycles. The van der Waals surface area contributed by atoms with E-state index in [0.29, 0.717) is 12.5 Å². The SMILES string of the molecule is CC(C)c1ccc(N[C@@H]2CCCN(C(=O)Cn3nc4ccccc4n3)C2)cc1. The summed E-state index contributed by atoms with van der Waals surface area (Å²) in [5.41, 5.74) is 4.09. The number of hydrogen-bond acceptors (Lipinski definition) is 4. The molecule has 1 atom stereocenters. The van der Waals surface area contributed by atoms with E-state index >= 15 is 0 Å². The van der Waals surface area contributed by atoms with Gasteiger partial charge >= 0.3 is 0 Å². The van der Waals surface area contributed by atoms with Gasteiger partial charge in [0.1, 0.15) is 17.6 Å². The number of rotatable bonds is 5. The molecule has 1 amide bonds. The van der Waals surface area contributed by atoms with Crippen molar-refractivity contribution in [2.45, 2.75) is 45.2 Å². The lowest BCUT2D eigenvalue weighted by atomic mass is 10.0. The minimum absolute atomic E-state index is 0.0713. The van der Waals surface area contributed by atoms with E-state index in [1.165, 1.54) is 10.4 Å². The third-order valence-corrected chi connectivity index (χ3v) is 5.33. The predicted octanol–water partition coefficient (Wildman–Crippen LogP) is 3.66. The molecule has 6 heteroatoms. The van der Waals surface area contributed by atoms with Crippen LogP contribution in [-0.2, 0) is 11.3 Å². The van der Waals surface area contributed by atoms with Crippen molar-refractivity contribution in [2.75, 3.05) is 18.4 Å².